The van der Waals surface area contributed by atoms with Crippen LogP contribution in [-0.4, -0.2) is 75.0 Å². The van der Waals surface area contributed by atoms with Crippen molar-refractivity contribution in [3.8, 4) is 0 Å². The fourth-order valence-electron chi connectivity index (χ4n) is 2.84. The molecule has 1 aromatic carbocycles. The summed E-state index contributed by atoms with van der Waals surface area (Å²) in [6.07, 6.45) is 1.75. The average molecular weight is 359 g/mol. The minimum atomic E-state index is -0.217. The van der Waals surface area contributed by atoms with Crippen LogP contribution in [0.4, 0.5) is 0 Å². The molecule has 0 saturated heterocycles. The summed E-state index contributed by atoms with van der Waals surface area (Å²) in [5.41, 5.74) is 0.265. The molecule has 0 unspecified atom stereocenters. The second-order valence-electron chi connectivity index (χ2n) is 7.08. The van der Waals surface area contributed by atoms with Gasteiger partial charge in [0, 0.05) is 19.2 Å². The molecule has 0 spiro atoms. The van der Waals surface area contributed by atoms with Gasteiger partial charge in [-0.3, -0.25) is 9.59 Å². The van der Waals surface area contributed by atoms with Crippen LogP contribution in [-0.2, 0) is 0 Å². The first kappa shape index (κ1) is 20.1. The molecule has 0 N–H and O–H groups in total. The predicted molar refractivity (Wildman–Crippen MR) is 105 cm³/mol. The van der Waals surface area contributed by atoms with Crippen LogP contribution in [0.1, 0.15) is 23.4 Å². The number of nitrogens with zero attached hydrogens (tertiary/aromatic N) is 3. The summed E-state index contributed by atoms with van der Waals surface area (Å²) in [4.78, 5) is 31.2. The number of carbonyl (C=O) groups is 1. The van der Waals surface area contributed by atoms with Gasteiger partial charge < -0.3 is 19.1 Å². The lowest BCUT2D eigenvalue weighted by Gasteiger charge is -2.24. The van der Waals surface area contributed by atoms with Crippen molar-refractivity contribution in [3.63, 3.8) is 0 Å². The Labute approximate surface area is 155 Å². The Balaban J connectivity index is 2.19. The molecule has 0 aliphatic heterocycles. The van der Waals surface area contributed by atoms with E-state index in [4.69, 9.17) is 4.42 Å². The molecule has 0 saturated carbocycles. The van der Waals surface area contributed by atoms with E-state index in [0.717, 1.165) is 25.9 Å². The Hall–Kier alpha value is -2.18. The van der Waals surface area contributed by atoms with Crippen LogP contribution >= 0.6 is 0 Å². The van der Waals surface area contributed by atoms with Crippen LogP contribution in [0, 0.1) is 0 Å². The molecule has 6 nitrogen and oxygen atoms in total. The first-order valence-corrected chi connectivity index (χ1v) is 9.00. The van der Waals surface area contributed by atoms with Gasteiger partial charge in [-0.2, -0.15) is 0 Å². The topological polar surface area (TPSA) is 57.0 Å². The summed E-state index contributed by atoms with van der Waals surface area (Å²) >= 11 is 0. The maximum atomic E-state index is 13.0. The first-order chi connectivity index (χ1) is 12.4. The van der Waals surface area contributed by atoms with E-state index in [-0.39, 0.29) is 17.1 Å². The van der Waals surface area contributed by atoms with Gasteiger partial charge in [-0.1, -0.05) is 12.1 Å². The minimum absolute atomic E-state index is 0.114. The van der Waals surface area contributed by atoms with Crippen LogP contribution in [0.25, 0.3) is 11.0 Å². The first-order valence-electron chi connectivity index (χ1n) is 9.00. The minimum Gasteiger partial charge on any atom is -0.451 e. The van der Waals surface area contributed by atoms with Gasteiger partial charge >= 0.3 is 0 Å². The molecule has 1 heterocycles. The highest BCUT2D eigenvalue weighted by atomic mass is 16.3. The van der Waals surface area contributed by atoms with Crippen LogP contribution in [0.3, 0.4) is 0 Å². The Bertz CT molecular complexity index is 769. The smallest absolute Gasteiger partial charge is 0.289 e. The fraction of sp³-hybridized carbons (Fsp3) is 0.500. The van der Waals surface area contributed by atoms with Crippen molar-refractivity contribution in [2.24, 2.45) is 0 Å². The number of hydrogen-bond donors (Lipinski definition) is 0. The monoisotopic (exact) mass is 359 g/mol. The SMILES string of the molecule is CN(C)CCCN(CCCN(C)C)C(=O)c1cc(=O)c2ccccc2o1. The maximum Gasteiger partial charge on any atom is 0.289 e. The number of carbonyl (C=O) groups excluding carboxylic acids is 1. The molecule has 0 radical (unpaired) electrons. The summed E-state index contributed by atoms with van der Waals surface area (Å²) in [7, 11) is 8.06. The number of rotatable bonds is 9. The molecule has 2 rings (SSSR count). The van der Waals surface area contributed by atoms with E-state index in [0.29, 0.717) is 24.1 Å². The summed E-state index contributed by atoms with van der Waals surface area (Å²) in [6, 6.07) is 8.33. The van der Waals surface area contributed by atoms with Gasteiger partial charge in [0.05, 0.1) is 5.39 Å². The number of amides is 1. The standard InChI is InChI=1S/C20H29N3O3/c1-21(2)11-7-13-23(14-8-12-22(3)4)20(25)19-15-17(24)16-9-5-6-10-18(16)26-19/h5-6,9-10,15H,7-8,11-14H2,1-4H3. The van der Waals surface area contributed by atoms with Gasteiger partial charge in [0.1, 0.15) is 5.58 Å². The predicted octanol–water partition coefficient (Wildman–Crippen LogP) is 2.14. The van der Waals surface area contributed by atoms with Crippen LogP contribution < -0.4 is 5.43 Å². The summed E-state index contributed by atoms with van der Waals surface area (Å²) in [5, 5.41) is 0.496. The molecule has 6 heteroatoms. The number of fused-ring (bicyclic) bond motifs is 1. The number of hydrogen-bond acceptors (Lipinski definition) is 5. The van der Waals surface area contributed by atoms with Gasteiger partial charge in [-0.25, -0.2) is 0 Å². The number of benzene rings is 1. The lowest BCUT2D eigenvalue weighted by molar-refractivity contribution is 0.0713. The van der Waals surface area contributed by atoms with Crippen molar-refractivity contribution >= 4 is 16.9 Å². The van der Waals surface area contributed by atoms with E-state index < -0.39 is 0 Å². The van der Waals surface area contributed by atoms with Crippen molar-refractivity contribution < 1.29 is 9.21 Å². The average Bonchev–Trinajstić information content (AvgIpc) is 2.59. The van der Waals surface area contributed by atoms with Crippen molar-refractivity contribution in [2.45, 2.75) is 12.8 Å². The van der Waals surface area contributed by atoms with Crippen LogP contribution in [0.15, 0.2) is 39.5 Å². The molecule has 26 heavy (non-hydrogen) atoms. The Kier molecular flexibility index (Phi) is 7.36. The van der Waals surface area contributed by atoms with Gasteiger partial charge in [0.15, 0.2) is 11.2 Å². The molecule has 0 bridgehead atoms. The molecular weight excluding hydrogens is 330 g/mol. The van der Waals surface area contributed by atoms with E-state index in [2.05, 4.69) is 9.80 Å². The lowest BCUT2D eigenvalue weighted by atomic mass is 10.2. The van der Waals surface area contributed by atoms with Gasteiger partial charge in [0.2, 0.25) is 0 Å². The second-order valence-corrected chi connectivity index (χ2v) is 7.08. The molecule has 0 aliphatic carbocycles. The van der Waals surface area contributed by atoms with Gasteiger partial charge in [-0.15, -0.1) is 0 Å². The zero-order valence-electron chi connectivity index (χ0n) is 16.2. The van der Waals surface area contributed by atoms with Crippen LogP contribution in [0.5, 0.6) is 0 Å². The van der Waals surface area contributed by atoms with Crippen molar-refractivity contribution in [2.75, 3.05) is 54.4 Å². The van der Waals surface area contributed by atoms with Gasteiger partial charge in [-0.05, 0) is 66.3 Å². The van der Waals surface area contributed by atoms with Crippen molar-refractivity contribution in [3.05, 3.63) is 46.3 Å². The van der Waals surface area contributed by atoms with E-state index in [1.54, 1.807) is 29.2 Å². The van der Waals surface area contributed by atoms with E-state index in [1.807, 2.05) is 28.2 Å². The molecule has 1 aromatic heterocycles. The van der Waals surface area contributed by atoms with E-state index in [9.17, 15) is 9.59 Å². The lowest BCUT2D eigenvalue weighted by Crippen LogP contribution is -2.35. The second kappa shape index (κ2) is 9.50. The van der Waals surface area contributed by atoms with Crippen molar-refractivity contribution in [1.29, 1.82) is 0 Å². The largest absolute Gasteiger partial charge is 0.451 e. The Morgan fingerprint density at radius 1 is 0.923 bits per heavy atom. The fourth-order valence-corrected chi connectivity index (χ4v) is 2.84. The third kappa shape index (κ3) is 5.68. The third-order valence-electron chi connectivity index (χ3n) is 4.20. The van der Waals surface area contributed by atoms with Crippen LogP contribution in [0.2, 0.25) is 0 Å². The third-order valence-corrected chi connectivity index (χ3v) is 4.20. The molecular formula is C20H29N3O3. The summed E-state index contributed by atoms with van der Waals surface area (Å²) in [5.74, 6) is -0.103. The zero-order valence-corrected chi connectivity index (χ0v) is 16.2. The van der Waals surface area contributed by atoms with E-state index in [1.165, 1.54) is 6.07 Å². The maximum absolute atomic E-state index is 13.0. The Morgan fingerprint density at radius 3 is 2.08 bits per heavy atom. The highest BCUT2D eigenvalue weighted by Crippen LogP contribution is 2.14. The van der Waals surface area contributed by atoms with Crippen molar-refractivity contribution in [1.82, 2.24) is 14.7 Å². The molecule has 1 amide bonds. The number of para-hydroxylation sites is 1. The summed E-state index contributed by atoms with van der Waals surface area (Å²) < 4.78 is 5.73. The van der Waals surface area contributed by atoms with Gasteiger partial charge in [0.25, 0.3) is 5.91 Å². The molecule has 142 valence electrons. The normalized spacial score (nSPS) is 11.5. The summed E-state index contributed by atoms with van der Waals surface area (Å²) in [6.45, 7) is 3.08. The molecule has 2 aromatic rings. The van der Waals surface area contributed by atoms with E-state index >= 15 is 0 Å². The quantitative estimate of drug-likeness (QED) is 0.687. The Morgan fingerprint density at radius 2 is 1.50 bits per heavy atom. The molecule has 0 aliphatic rings. The molecule has 0 atom stereocenters. The molecule has 0 fully saturated rings. The zero-order chi connectivity index (χ0) is 19.1. The highest BCUT2D eigenvalue weighted by molar-refractivity contribution is 5.93. The highest BCUT2D eigenvalue weighted by Gasteiger charge is 2.19.